The maximum Gasteiger partial charge on any atom is 0.255 e. The van der Waals surface area contributed by atoms with Gasteiger partial charge in [-0.05, 0) is 49.2 Å². The topological polar surface area (TPSA) is 68.0 Å². The molecule has 5 nitrogen and oxygen atoms in total. The van der Waals surface area contributed by atoms with Gasteiger partial charge in [0, 0.05) is 27.8 Å². The van der Waals surface area contributed by atoms with E-state index in [4.69, 9.17) is 16.1 Å². The Hall–Kier alpha value is -2.66. The molecule has 2 aromatic carbocycles. The number of rotatable bonds is 4. The first kappa shape index (κ1) is 16.8. The second-order valence-corrected chi connectivity index (χ2v) is 6.92. The predicted octanol–water partition coefficient (Wildman–Crippen LogP) is 5.30. The van der Waals surface area contributed by atoms with Gasteiger partial charge in [-0.15, -0.1) is 0 Å². The highest BCUT2D eigenvalue weighted by atomic mass is 35.5. The zero-order chi connectivity index (χ0) is 17.9. The second-order valence-electron chi connectivity index (χ2n) is 6.48. The quantitative estimate of drug-likeness (QED) is 0.679. The van der Waals surface area contributed by atoms with Crippen molar-refractivity contribution in [1.82, 2.24) is 10.1 Å². The molecule has 4 rings (SSSR count). The maximum absolute atomic E-state index is 12.3. The number of aromatic nitrogens is 2. The van der Waals surface area contributed by atoms with E-state index in [0.29, 0.717) is 33.9 Å². The van der Waals surface area contributed by atoms with Crippen molar-refractivity contribution in [1.29, 1.82) is 0 Å². The highest BCUT2D eigenvalue weighted by Gasteiger charge is 2.23. The summed E-state index contributed by atoms with van der Waals surface area (Å²) >= 11 is 5.86. The Kier molecular flexibility index (Phi) is 4.71. The Morgan fingerprint density at radius 3 is 2.65 bits per heavy atom. The van der Waals surface area contributed by atoms with Crippen LogP contribution in [0.25, 0.3) is 11.4 Å². The third kappa shape index (κ3) is 3.63. The SMILES string of the molecule is O=C(Nc1cccc(-c2noc(C3CCCC3)n2)c1)c1ccc(Cl)cc1. The molecule has 0 unspecified atom stereocenters. The van der Waals surface area contributed by atoms with Gasteiger partial charge in [0.05, 0.1) is 0 Å². The lowest BCUT2D eigenvalue weighted by Gasteiger charge is -2.06. The molecular weight excluding hydrogens is 350 g/mol. The molecule has 0 atom stereocenters. The Morgan fingerprint density at radius 2 is 1.88 bits per heavy atom. The number of anilines is 1. The van der Waals surface area contributed by atoms with E-state index in [1.54, 1.807) is 24.3 Å². The van der Waals surface area contributed by atoms with Crippen LogP contribution in [0.5, 0.6) is 0 Å². The Morgan fingerprint density at radius 1 is 1.12 bits per heavy atom. The lowest BCUT2D eigenvalue weighted by molar-refractivity contribution is 0.102. The normalized spacial score (nSPS) is 14.5. The summed E-state index contributed by atoms with van der Waals surface area (Å²) in [4.78, 5) is 16.9. The third-order valence-electron chi connectivity index (χ3n) is 4.63. The molecule has 1 N–H and O–H groups in total. The van der Waals surface area contributed by atoms with E-state index in [9.17, 15) is 4.79 Å². The van der Waals surface area contributed by atoms with E-state index in [2.05, 4.69) is 15.5 Å². The van der Waals surface area contributed by atoms with E-state index in [1.807, 2.05) is 24.3 Å². The van der Waals surface area contributed by atoms with Crippen molar-refractivity contribution in [3.05, 3.63) is 65.0 Å². The molecule has 0 saturated heterocycles. The van der Waals surface area contributed by atoms with Crippen LogP contribution in [0, 0.1) is 0 Å². The average Bonchev–Trinajstić information content (AvgIpc) is 3.34. The van der Waals surface area contributed by atoms with Crippen molar-refractivity contribution in [2.75, 3.05) is 5.32 Å². The molecule has 0 bridgehead atoms. The van der Waals surface area contributed by atoms with Gasteiger partial charge in [-0.1, -0.05) is 41.7 Å². The fourth-order valence-electron chi connectivity index (χ4n) is 3.23. The van der Waals surface area contributed by atoms with Crippen LogP contribution in [0.15, 0.2) is 53.1 Å². The van der Waals surface area contributed by atoms with Gasteiger partial charge in [-0.3, -0.25) is 4.79 Å². The number of halogens is 1. The number of hydrogen-bond acceptors (Lipinski definition) is 4. The van der Waals surface area contributed by atoms with Crippen molar-refractivity contribution in [3.63, 3.8) is 0 Å². The largest absolute Gasteiger partial charge is 0.339 e. The lowest BCUT2D eigenvalue weighted by Crippen LogP contribution is -2.11. The first-order chi connectivity index (χ1) is 12.7. The van der Waals surface area contributed by atoms with Crippen LogP contribution in [0.4, 0.5) is 5.69 Å². The second kappa shape index (κ2) is 7.30. The molecule has 0 spiro atoms. The molecular formula is C20H18ClN3O2. The van der Waals surface area contributed by atoms with Gasteiger partial charge < -0.3 is 9.84 Å². The van der Waals surface area contributed by atoms with Crippen LogP contribution < -0.4 is 5.32 Å². The molecule has 1 aromatic heterocycles. The summed E-state index contributed by atoms with van der Waals surface area (Å²) in [5, 5.41) is 7.58. The van der Waals surface area contributed by atoms with Gasteiger partial charge in [0.1, 0.15) is 0 Å². The number of hydrogen-bond donors (Lipinski definition) is 1. The molecule has 1 fully saturated rings. The minimum Gasteiger partial charge on any atom is -0.339 e. The number of carbonyl (C=O) groups is 1. The van der Waals surface area contributed by atoms with Gasteiger partial charge in [-0.2, -0.15) is 4.98 Å². The van der Waals surface area contributed by atoms with Crippen LogP contribution in [0.2, 0.25) is 5.02 Å². The van der Waals surface area contributed by atoms with E-state index < -0.39 is 0 Å². The maximum atomic E-state index is 12.3. The Bertz CT molecular complexity index is 915. The molecule has 1 aliphatic carbocycles. The minimum atomic E-state index is -0.196. The van der Waals surface area contributed by atoms with Crippen molar-refractivity contribution in [2.45, 2.75) is 31.6 Å². The molecule has 1 aliphatic rings. The van der Waals surface area contributed by atoms with Gasteiger partial charge in [-0.25, -0.2) is 0 Å². The zero-order valence-electron chi connectivity index (χ0n) is 14.1. The van der Waals surface area contributed by atoms with Gasteiger partial charge in [0.25, 0.3) is 5.91 Å². The van der Waals surface area contributed by atoms with E-state index in [1.165, 1.54) is 12.8 Å². The van der Waals surface area contributed by atoms with Gasteiger partial charge in [0.15, 0.2) is 0 Å². The molecule has 26 heavy (non-hydrogen) atoms. The molecule has 0 radical (unpaired) electrons. The van der Waals surface area contributed by atoms with Crippen LogP contribution in [0.1, 0.15) is 47.8 Å². The highest BCUT2D eigenvalue weighted by Crippen LogP contribution is 2.34. The van der Waals surface area contributed by atoms with Crippen molar-refractivity contribution in [3.8, 4) is 11.4 Å². The smallest absolute Gasteiger partial charge is 0.255 e. The molecule has 1 saturated carbocycles. The molecule has 1 heterocycles. The summed E-state index contributed by atoms with van der Waals surface area (Å²) < 4.78 is 5.44. The summed E-state index contributed by atoms with van der Waals surface area (Å²) in [5.74, 6) is 1.45. The first-order valence-electron chi connectivity index (χ1n) is 8.70. The molecule has 3 aromatic rings. The summed E-state index contributed by atoms with van der Waals surface area (Å²) in [6.07, 6.45) is 4.65. The summed E-state index contributed by atoms with van der Waals surface area (Å²) in [6, 6.07) is 14.2. The van der Waals surface area contributed by atoms with Crippen molar-refractivity contribution >= 4 is 23.2 Å². The molecule has 132 valence electrons. The number of benzene rings is 2. The average molecular weight is 368 g/mol. The fraction of sp³-hybridized carbons (Fsp3) is 0.250. The summed E-state index contributed by atoms with van der Waals surface area (Å²) in [6.45, 7) is 0. The van der Waals surface area contributed by atoms with Crippen LogP contribution >= 0.6 is 11.6 Å². The van der Waals surface area contributed by atoms with Crippen LogP contribution in [0.3, 0.4) is 0 Å². The number of carbonyl (C=O) groups excluding carboxylic acids is 1. The van der Waals surface area contributed by atoms with Crippen LogP contribution in [-0.2, 0) is 0 Å². The Labute approximate surface area is 156 Å². The lowest BCUT2D eigenvalue weighted by atomic mass is 10.1. The molecule has 0 aliphatic heterocycles. The van der Waals surface area contributed by atoms with Crippen molar-refractivity contribution in [2.24, 2.45) is 0 Å². The fourth-order valence-corrected chi connectivity index (χ4v) is 3.36. The summed E-state index contributed by atoms with van der Waals surface area (Å²) in [5.41, 5.74) is 2.03. The van der Waals surface area contributed by atoms with E-state index in [-0.39, 0.29) is 5.91 Å². The zero-order valence-corrected chi connectivity index (χ0v) is 14.9. The molecule has 1 amide bonds. The van der Waals surface area contributed by atoms with Gasteiger partial charge in [0.2, 0.25) is 11.7 Å². The number of nitrogens with one attached hydrogen (secondary N) is 1. The Balaban J connectivity index is 1.51. The summed E-state index contributed by atoms with van der Waals surface area (Å²) in [7, 11) is 0. The van der Waals surface area contributed by atoms with Crippen LogP contribution in [-0.4, -0.2) is 16.0 Å². The first-order valence-corrected chi connectivity index (χ1v) is 9.08. The molecule has 6 heteroatoms. The van der Waals surface area contributed by atoms with E-state index >= 15 is 0 Å². The number of nitrogens with zero attached hydrogens (tertiary/aromatic N) is 2. The number of amides is 1. The van der Waals surface area contributed by atoms with Gasteiger partial charge >= 0.3 is 0 Å². The monoisotopic (exact) mass is 367 g/mol. The minimum absolute atomic E-state index is 0.196. The highest BCUT2D eigenvalue weighted by molar-refractivity contribution is 6.30. The van der Waals surface area contributed by atoms with E-state index in [0.717, 1.165) is 18.4 Å². The third-order valence-corrected chi connectivity index (χ3v) is 4.88. The standard InChI is InChI=1S/C20H18ClN3O2/c21-16-10-8-13(9-11-16)19(25)22-17-7-3-6-15(12-17)18-23-20(26-24-18)14-4-1-2-5-14/h3,6-12,14H,1-2,4-5H2,(H,22,25). The predicted molar refractivity (Wildman–Crippen MR) is 100 cm³/mol. The van der Waals surface area contributed by atoms with Crippen molar-refractivity contribution < 1.29 is 9.32 Å².